The van der Waals surface area contributed by atoms with Gasteiger partial charge in [0.05, 0.1) is 31.5 Å². The first kappa shape index (κ1) is 40.4. The first-order valence-corrected chi connectivity index (χ1v) is 18.4. The highest BCUT2D eigenvalue weighted by Crippen LogP contribution is 2.35. The van der Waals surface area contributed by atoms with Gasteiger partial charge in [-0.15, -0.1) is 0 Å². The van der Waals surface area contributed by atoms with Crippen LogP contribution in [-0.2, 0) is 33.3 Å². The van der Waals surface area contributed by atoms with Gasteiger partial charge in [0, 0.05) is 25.5 Å². The Kier molecular flexibility index (Phi) is 19.6. The highest BCUT2D eigenvalue weighted by atomic mass is 16.5. The second kappa shape index (κ2) is 24.2. The van der Waals surface area contributed by atoms with Gasteiger partial charge in [0.1, 0.15) is 5.75 Å². The molecule has 0 bridgehead atoms. The number of hydrogen-bond acceptors (Lipinski definition) is 9. The van der Waals surface area contributed by atoms with Gasteiger partial charge in [-0.05, 0) is 126 Å². The van der Waals surface area contributed by atoms with E-state index in [1.165, 1.54) is 5.56 Å². The average Bonchev–Trinajstić information content (AvgIpc) is 3.13. The molecule has 0 heterocycles. The van der Waals surface area contributed by atoms with Crippen LogP contribution in [0.25, 0.3) is 0 Å². The van der Waals surface area contributed by atoms with Gasteiger partial charge >= 0.3 is 23.9 Å². The summed E-state index contributed by atoms with van der Waals surface area (Å²) in [5, 5.41) is 0. The molecule has 9 heteroatoms. The second-order valence-electron chi connectivity index (χ2n) is 13.0. The van der Waals surface area contributed by atoms with Crippen molar-refractivity contribution in [2.75, 3.05) is 26.4 Å². The molecule has 0 unspecified atom stereocenters. The minimum absolute atomic E-state index is 0.169. The molecule has 1 aliphatic rings. The Morgan fingerprint density at radius 3 is 1.72 bits per heavy atom. The lowest BCUT2D eigenvalue weighted by Gasteiger charge is -2.29. The fourth-order valence-electron chi connectivity index (χ4n) is 5.88. The summed E-state index contributed by atoms with van der Waals surface area (Å²) < 4.78 is 27.2. The van der Waals surface area contributed by atoms with Crippen LogP contribution in [0, 0.1) is 6.92 Å². The third kappa shape index (κ3) is 17.1. The maximum Gasteiger partial charge on any atom is 0.343 e. The number of ether oxygens (including phenoxy) is 5. The lowest BCUT2D eigenvalue weighted by Crippen LogP contribution is -2.21. The summed E-state index contributed by atoms with van der Waals surface area (Å²) in [5.74, 6) is -0.102. The van der Waals surface area contributed by atoms with Crippen molar-refractivity contribution in [3.05, 3.63) is 77.9 Å². The Hall–Kier alpha value is -3.98. The molecule has 9 nitrogen and oxygen atoms in total. The normalized spacial score (nSPS) is 15.5. The van der Waals surface area contributed by atoms with Gasteiger partial charge < -0.3 is 23.7 Å². The molecule has 1 saturated carbocycles. The molecule has 2 aromatic carbocycles. The summed E-state index contributed by atoms with van der Waals surface area (Å²) in [5.41, 5.74) is 2.93. The summed E-state index contributed by atoms with van der Waals surface area (Å²) in [4.78, 5) is 47.1. The van der Waals surface area contributed by atoms with E-state index in [9.17, 15) is 19.2 Å². The Balaban J connectivity index is 1.09. The molecule has 0 N–H and O–H groups in total. The summed E-state index contributed by atoms with van der Waals surface area (Å²) >= 11 is 0. The van der Waals surface area contributed by atoms with Crippen LogP contribution in [0.5, 0.6) is 5.75 Å². The summed E-state index contributed by atoms with van der Waals surface area (Å²) in [6.07, 6.45) is 14.8. The van der Waals surface area contributed by atoms with Gasteiger partial charge in [-0.2, -0.15) is 0 Å². The van der Waals surface area contributed by atoms with E-state index >= 15 is 0 Å². The number of hydrogen-bond donors (Lipinski definition) is 0. The molecular formula is C41H56O9. The maximum absolute atomic E-state index is 12.4. The van der Waals surface area contributed by atoms with Crippen LogP contribution in [0.1, 0.15) is 130 Å². The molecule has 1 aliphatic carbocycles. The van der Waals surface area contributed by atoms with E-state index in [-0.39, 0.29) is 17.9 Å². The third-order valence-corrected chi connectivity index (χ3v) is 8.90. The van der Waals surface area contributed by atoms with Crippen molar-refractivity contribution in [3.8, 4) is 5.75 Å². The largest absolute Gasteiger partial charge is 0.466 e. The number of carbonyl (C=O) groups excluding carboxylic acids is 4. The molecule has 0 atom stereocenters. The predicted molar refractivity (Wildman–Crippen MR) is 192 cm³/mol. The van der Waals surface area contributed by atoms with Gasteiger partial charge in [-0.1, -0.05) is 42.8 Å². The standard InChI is InChI=1S/C41H56O9/c1-3-38(42)47-29-12-6-8-14-40(44)49-31-13-7-9-15-39(43)48-30-11-5-4-10-28-46-36-24-20-33(21-25-36)34-22-26-37(27-23-34)50-41(45)35-18-16-32(2)17-19-35/h3,16-19,22-23,26-27,33,36H,1,4-15,20-21,24-25,28-31H2,2H3/t33-,36-. The summed E-state index contributed by atoms with van der Waals surface area (Å²) in [7, 11) is 0. The van der Waals surface area contributed by atoms with E-state index in [0.29, 0.717) is 68.8 Å². The minimum atomic E-state index is -0.431. The predicted octanol–water partition coefficient (Wildman–Crippen LogP) is 8.75. The van der Waals surface area contributed by atoms with Gasteiger partial charge in [-0.3, -0.25) is 9.59 Å². The zero-order chi connectivity index (χ0) is 35.8. The topological polar surface area (TPSA) is 114 Å². The van der Waals surface area contributed by atoms with Crippen LogP contribution in [0.4, 0.5) is 0 Å². The summed E-state index contributed by atoms with van der Waals surface area (Å²) in [6, 6.07) is 15.3. The number of carbonyl (C=O) groups is 4. The van der Waals surface area contributed by atoms with E-state index in [4.69, 9.17) is 23.7 Å². The molecule has 274 valence electrons. The Morgan fingerprint density at radius 2 is 1.16 bits per heavy atom. The fourth-order valence-corrected chi connectivity index (χ4v) is 5.88. The lowest BCUT2D eigenvalue weighted by atomic mass is 9.83. The van der Waals surface area contributed by atoms with E-state index < -0.39 is 5.97 Å². The number of benzene rings is 2. The van der Waals surface area contributed by atoms with Crippen molar-refractivity contribution in [1.29, 1.82) is 0 Å². The smallest absolute Gasteiger partial charge is 0.343 e. The number of aryl methyl sites for hydroxylation is 1. The number of rotatable bonds is 24. The second-order valence-corrected chi connectivity index (χ2v) is 13.0. The van der Waals surface area contributed by atoms with Gasteiger partial charge in [0.25, 0.3) is 0 Å². The van der Waals surface area contributed by atoms with Crippen LogP contribution in [-0.4, -0.2) is 56.4 Å². The monoisotopic (exact) mass is 692 g/mol. The maximum atomic E-state index is 12.4. The molecule has 3 rings (SSSR count). The molecular weight excluding hydrogens is 636 g/mol. The molecule has 2 aromatic rings. The first-order chi connectivity index (χ1) is 24.3. The van der Waals surface area contributed by atoms with E-state index in [1.807, 2.05) is 31.2 Å². The first-order valence-electron chi connectivity index (χ1n) is 18.4. The van der Waals surface area contributed by atoms with Gasteiger partial charge in [0.15, 0.2) is 0 Å². The molecule has 0 saturated heterocycles. The van der Waals surface area contributed by atoms with Crippen LogP contribution >= 0.6 is 0 Å². The van der Waals surface area contributed by atoms with E-state index in [1.54, 1.807) is 12.1 Å². The molecule has 0 aromatic heterocycles. The molecule has 0 radical (unpaired) electrons. The zero-order valence-corrected chi connectivity index (χ0v) is 29.9. The molecule has 50 heavy (non-hydrogen) atoms. The SMILES string of the molecule is C=CC(=O)OCCCCCC(=O)OCCCCCC(=O)OCCCCCCO[C@H]1CC[C@H](c2ccc(OC(=O)c3ccc(C)cc3)cc2)CC1. The highest BCUT2D eigenvalue weighted by molar-refractivity contribution is 5.91. The van der Waals surface area contributed by atoms with Crippen LogP contribution < -0.4 is 4.74 Å². The average molecular weight is 693 g/mol. The Labute approximate surface area is 298 Å². The molecule has 0 amide bonds. The Bertz CT molecular complexity index is 1290. The molecule has 0 spiro atoms. The number of esters is 4. The highest BCUT2D eigenvalue weighted by Gasteiger charge is 2.23. The summed E-state index contributed by atoms with van der Waals surface area (Å²) in [6.45, 7) is 7.24. The molecule has 0 aliphatic heterocycles. The lowest BCUT2D eigenvalue weighted by molar-refractivity contribution is -0.145. The zero-order valence-electron chi connectivity index (χ0n) is 29.9. The molecule has 1 fully saturated rings. The van der Waals surface area contributed by atoms with Crippen molar-refractivity contribution in [1.82, 2.24) is 0 Å². The van der Waals surface area contributed by atoms with Crippen molar-refractivity contribution in [2.24, 2.45) is 0 Å². The minimum Gasteiger partial charge on any atom is -0.466 e. The van der Waals surface area contributed by atoms with Crippen molar-refractivity contribution >= 4 is 23.9 Å². The number of unbranched alkanes of at least 4 members (excludes halogenated alkanes) is 7. The fraction of sp³-hybridized carbons (Fsp3) is 0.561. The Morgan fingerprint density at radius 1 is 0.640 bits per heavy atom. The van der Waals surface area contributed by atoms with E-state index in [2.05, 4.69) is 18.7 Å². The van der Waals surface area contributed by atoms with Gasteiger partial charge in [0.2, 0.25) is 0 Å². The van der Waals surface area contributed by atoms with Gasteiger partial charge in [-0.25, -0.2) is 9.59 Å². The van der Waals surface area contributed by atoms with Crippen molar-refractivity contribution < 1.29 is 42.9 Å². The van der Waals surface area contributed by atoms with Crippen LogP contribution in [0.2, 0.25) is 0 Å². The van der Waals surface area contributed by atoms with Crippen molar-refractivity contribution in [3.63, 3.8) is 0 Å². The van der Waals surface area contributed by atoms with Crippen LogP contribution in [0.3, 0.4) is 0 Å². The van der Waals surface area contributed by atoms with E-state index in [0.717, 1.165) is 95.3 Å². The quantitative estimate of drug-likeness (QED) is 0.0350. The third-order valence-electron chi connectivity index (χ3n) is 8.90. The van der Waals surface area contributed by atoms with Crippen molar-refractivity contribution in [2.45, 2.75) is 122 Å². The van der Waals surface area contributed by atoms with Crippen LogP contribution in [0.15, 0.2) is 61.2 Å².